The molecule has 0 aromatic heterocycles. The fourth-order valence-electron chi connectivity index (χ4n) is 6.91. The number of amides is 3. The van der Waals surface area contributed by atoms with Crippen LogP contribution >= 0.6 is 11.6 Å². The Hall–Kier alpha value is -3.90. The number of allylic oxidation sites excluding steroid dienone is 2. The number of likely N-dealkylation sites (tertiary alicyclic amines) is 1. The molecule has 4 aliphatic carbocycles. The summed E-state index contributed by atoms with van der Waals surface area (Å²) in [6.07, 6.45) is 5.65. The Kier molecular flexibility index (Phi) is 5.81. The van der Waals surface area contributed by atoms with Crippen LogP contribution in [0.1, 0.15) is 12.0 Å². The van der Waals surface area contributed by atoms with Crippen LogP contribution in [-0.2, 0) is 20.8 Å². The molecule has 6 nitrogen and oxygen atoms in total. The highest BCUT2D eigenvalue weighted by atomic mass is 35.5. The number of nitrogens with zero attached hydrogens (tertiary/aromatic N) is 1. The van der Waals surface area contributed by atoms with Gasteiger partial charge in [-0.2, -0.15) is 0 Å². The summed E-state index contributed by atoms with van der Waals surface area (Å²) in [6.45, 7) is 0. The Bertz CT molecular complexity index is 1450. The van der Waals surface area contributed by atoms with Crippen molar-refractivity contribution in [3.8, 4) is 11.5 Å². The number of ether oxygens (including phenoxy) is 1. The van der Waals surface area contributed by atoms with Gasteiger partial charge >= 0.3 is 0 Å². The summed E-state index contributed by atoms with van der Waals surface area (Å²) in [5.41, 5.74) is 1.43. The Labute approximate surface area is 231 Å². The number of carbonyl (C=O) groups excluding carboxylic acids is 3. The first-order valence-corrected chi connectivity index (χ1v) is 13.8. The SMILES string of the molecule is O=C(Nc1ccc(Oc2ccccc2Cl)cc1)[C@@H](Cc1ccccc1)N1C(=O)[C@H]2[C@@H]3C=C[C@H]([C@@H]4C[C@H]34)[C@@H]2C1=O. The lowest BCUT2D eigenvalue weighted by Gasteiger charge is -2.37. The molecule has 1 aliphatic heterocycles. The lowest BCUT2D eigenvalue weighted by molar-refractivity contribution is -0.146. The Balaban J connectivity index is 1.13. The topological polar surface area (TPSA) is 75.7 Å². The third-order valence-corrected chi connectivity index (χ3v) is 9.08. The van der Waals surface area contributed by atoms with Gasteiger partial charge in [0.1, 0.15) is 17.5 Å². The number of rotatable bonds is 7. The summed E-state index contributed by atoms with van der Waals surface area (Å²) < 4.78 is 5.85. The van der Waals surface area contributed by atoms with Crippen molar-refractivity contribution in [1.29, 1.82) is 0 Å². The van der Waals surface area contributed by atoms with Crippen LogP contribution in [0.25, 0.3) is 0 Å². The normalized spacial score (nSPS) is 28.6. The quantitative estimate of drug-likeness (QED) is 0.308. The zero-order valence-corrected chi connectivity index (χ0v) is 21.8. The van der Waals surface area contributed by atoms with Crippen molar-refractivity contribution >= 4 is 35.0 Å². The van der Waals surface area contributed by atoms with Gasteiger partial charge in [0.2, 0.25) is 17.7 Å². The van der Waals surface area contributed by atoms with Crippen LogP contribution < -0.4 is 10.1 Å². The van der Waals surface area contributed by atoms with Gasteiger partial charge in [0, 0.05) is 12.1 Å². The van der Waals surface area contributed by atoms with Gasteiger partial charge in [0.15, 0.2) is 0 Å². The van der Waals surface area contributed by atoms with E-state index in [2.05, 4.69) is 17.5 Å². The van der Waals surface area contributed by atoms with Gasteiger partial charge in [-0.15, -0.1) is 0 Å². The van der Waals surface area contributed by atoms with E-state index < -0.39 is 6.04 Å². The maximum atomic E-state index is 13.8. The van der Waals surface area contributed by atoms with Gasteiger partial charge < -0.3 is 10.1 Å². The maximum Gasteiger partial charge on any atom is 0.248 e. The van der Waals surface area contributed by atoms with E-state index in [9.17, 15) is 14.4 Å². The summed E-state index contributed by atoms with van der Waals surface area (Å²) in [7, 11) is 0. The van der Waals surface area contributed by atoms with Crippen LogP contribution in [-0.4, -0.2) is 28.7 Å². The molecule has 7 atom stereocenters. The number of anilines is 1. The number of halogens is 1. The zero-order valence-electron chi connectivity index (χ0n) is 21.1. The van der Waals surface area contributed by atoms with Gasteiger partial charge in [-0.05, 0) is 72.1 Å². The van der Waals surface area contributed by atoms with Crippen molar-refractivity contribution in [2.75, 3.05) is 5.32 Å². The summed E-state index contributed by atoms with van der Waals surface area (Å²) in [6, 6.07) is 22.7. The molecule has 0 spiro atoms. The zero-order chi connectivity index (χ0) is 26.7. The summed E-state index contributed by atoms with van der Waals surface area (Å²) in [4.78, 5) is 42.6. The summed E-state index contributed by atoms with van der Waals surface area (Å²) in [5.74, 6) is 0.858. The highest BCUT2D eigenvalue weighted by Gasteiger charge is 2.67. The van der Waals surface area contributed by atoms with E-state index in [0.29, 0.717) is 34.0 Å². The van der Waals surface area contributed by atoms with E-state index >= 15 is 0 Å². The second-order valence-corrected chi connectivity index (χ2v) is 11.4. The molecule has 2 saturated carbocycles. The van der Waals surface area contributed by atoms with E-state index in [4.69, 9.17) is 16.3 Å². The number of para-hydroxylation sites is 1. The number of hydrogen-bond acceptors (Lipinski definition) is 4. The monoisotopic (exact) mass is 538 g/mol. The summed E-state index contributed by atoms with van der Waals surface area (Å²) in [5, 5.41) is 3.44. The fourth-order valence-corrected chi connectivity index (χ4v) is 7.09. The molecule has 3 fully saturated rings. The fraction of sp³-hybridized carbons (Fsp3) is 0.281. The van der Waals surface area contributed by atoms with E-state index in [-0.39, 0.29) is 47.8 Å². The number of nitrogens with one attached hydrogen (secondary N) is 1. The highest BCUT2D eigenvalue weighted by molar-refractivity contribution is 6.32. The Morgan fingerprint density at radius 2 is 1.49 bits per heavy atom. The molecule has 1 heterocycles. The van der Waals surface area contributed by atoms with Crippen molar-refractivity contribution in [3.63, 3.8) is 0 Å². The third-order valence-electron chi connectivity index (χ3n) is 8.77. The minimum Gasteiger partial charge on any atom is -0.456 e. The van der Waals surface area contributed by atoms with Gasteiger partial charge in [0.05, 0.1) is 16.9 Å². The van der Waals surface area contributed by atoms with Crippen molar-refractivity contribution in [3.05, 3.63) is 102 Å². The van der Waals surface area contributed by atoms with Crippen molar-refractivity contribution in [2.24, 2.45) is 35.5 Å². The van der Waals surface area contributed by atoms with E-state index in [1.54, 1.807) is 36.4 Å². The molecule has 3 amide bonds. The molecular weight excluding hydrogens is 512 g/mol. The lowest BCUT2D eigenvalue weighted by Crippen LogP contribution is -2.49. The minimum atomic E-state index is -0.937. The molecule has 7 heteroatoms. The standard InChI is InChI=1S/C32H27ClN2O4/c33-25-8-4-5-9-27(25)39-20-12-10-19(11-13-20)34-30(36)26(16-18-6-2-1-3-7-18)35-31(37)28-21-14-15-22(24-17-23(21)24)29(28)32(35)38/h1-15,21-24,26,28-29H,16-17H2,(H,34,36)/t21-,22-,23-,24+,26-,28+,29+/m1/s1. The first kappa shape index (κ1) is 24.2. The van der Waals surface area contributed by atoms with Crippen molar-refractivity contribution < 1.29 is 19.1 Å². The van der Waals surface area contributed by atoms with Crippen LogP contribution in [0.3, 0.4) is 0 Å². The van der Waals surface area contributed by atoms with Gasteiger partial charge in [-0.3, -0.25) is 19.3 Å². The minimum absolute atomic E-state index is 0.109. The van der Waals surface area contributed by atoms with Crippen molar-refractivity contribution in [1.82, 2.24) is 4.90 Å². The smallest absolute Gasteiger partial charge is 0.248 e. The average molecular weight is 539 g/mol. The van der Waals surface area contributed by atoms with Crippen LogP contribution in [0.4, 0.5) is 5.69 Å². The molecule has 0 unspecified atom stereocenters. The first-order chi connectivity index (χ1) is 19.0. The molecule has 8 rings (SSSR count). The molecule has 2 bridgehead atoms. The highest BCUT2D eigenvalue weighted by Crippen LogP contribution is 2.65. The molecular formula is C32H27ClN2O4. The number of hydrogen-bond donors (Lipinski definition) is 1. The lowest BCUT2D eigenvalue weighted by atomic mass is 9.63. The van der Waals surface area contributed by atoms with E-state index in [1.165, 1.54) is 4.90 Å². The Morgan fingerprint density at radius 3 is 2.13 bits per heavy atom. The molecule has 1 saturated heterocycles. The summed E-state index contributed by atoms with van der Waals surface area (Å²) >= 11 is 6.19. The third kappa shape index (κ3) is 4.14. The van der Waals surface area contributed by atoms with Crippen LogP contribution in [0.15, 0.2) is 91.0 Å². The first-order valence-electron chi connectivity index (χ1n) is 13.4. The molecule has 1 N–H and O–H groups in total. The number of benzene rings is 3. The molecule has 0 radical (unpaired) electrons. The van der Waals surface area contributed by atoms with Crippen molar-refractivity contribution in [2.45, 2.75) is 18.9 Å². The van der Waals surface area contributed by atoms with Crippen LogP contribution in [0.5, 0.6) is 11.5 Å². The molecule has 5 aliphatic rings. The predicted molar refractivity (Wildman–Crippen MR) is 147 cm³/mol. The second-order valence-electron chi connectivity index (χ2n) is 11.0. The van der Waals surface area contributed by atoms with Crippen LogP contribution in [0, 0.1) is 35.5 Å². The second kappa shape index (κ2) is 9.38. The van der Waals surface area contributed by atoms with Gasteiger partial charge in [0.25, 0.3) is 0 Å². The van der Waals surface area contributed by atoms with Crippen LogP contribution in [0.2, 0.25) is 5.02 Å². The van der Waals surface area contributed by atoms with E-state index in [1.807, 2.05) is 42.5 Å². The molecule has 196 valence electrons. The Morgan fingerprint density at radius 1 is 0.872 bits per heavy atom. The number of carbonyl (C=O) groups is 3. The maximum absolute atomic E-state index is 13.8. The molecule has 39 heavy (non-hydrogen) atoms. The predicted octanol–water partition coefficient (Wildman–Crippen LogP) is 5.74. The van der Waals surface area contributed by atoms with Gasteiger partial charge in [-0.25, -0.2) is 0 Å². The van der Waals surface area contributed by atoms with Gasteiger partial charge in [-0.1, -0.05) is 66.2 Å². The largest absolute Gasteiger partial charge is 0.456 e. The number of imide groups is 1. The average Bonchev–Trinajstić information content (AvgIpc) is 3.73. The molecule has 3 aromatic carbocycles. The molecule has 3 aromatic rings. The van der Waals surface area contributed by atoms with E-state index in [0.717, 1.165) is 12.0 Å².